The molecule has 0 radical (unpaired) electrons. The van der Waals surface area contributed by atoms with Crippen LogP contribution in [0.5, 0.6) is 0 Å². The van der Waals surface area contributed by atoms with Crippen LogP contribution in [0.2, 0.25) is 0 Å². The van der Waals surface area contributed by atoms with Gasteiger partial charge < -0.3 is 0 Å². The average molecular weight is 472 g/mol. The zero-order chi connectivity index (χ0) is 25.3. The summed E-state index contributed by atoms with van der Waals surface area (Å²) in [5.41, 5.74) is 10.1. The van der Waals surface area contributed by atoms with Gasteiger partial charge in [-0.3, -0.25) is 0 Å². The van der Waals surface area contributed by atoms with Crippen molar-refractivity contribution >= 4 is 15.6 Å². The van der Waals surface area contributed by atoms with Crippen LogP contribution in [-0.4, -0.2) is 15.5 Å². The molecule has 3 rings (SSSR count). The number of sulfonamides is 1. The number of hydrogen-bond acceptors (Lipinski definition) is 2. The van der Waals surface area contributed by atoms with Crippen molar-refractivity contribution in [3.63, 3.8) is 0 Å². The van der Waals surface area contributed by atoms with E-state index in [1.54, 1.807) is 0 Å². The molecule has 33 heavy (non-hydrogen) atoms. The van der Waals surface area contributed by atoms with E-state index in [-0.39, 0.29) is 13.3 Å². The van der Waals surface area contributed by atoms with E-state index >= 15 is 0 Å². The molecule has 2 aromatic rings. The second-order valence-electron chi connectivity index (χ2n) is 9.01. The van der Waals surface area contributed by atoms with Crippen LogP contribution in [0.25, 0.3) is 5.57 Å². The van der Waals surface area contributed by atoms with Gasteiger partial charge in [0.25, 0.3) is 0 Å². The summed E-state index contributed by atoms with van der Waals surface area (Å²) in [5, 5.41) is 0. The smallest absolute Gasteiger partial charge is 0.214 e. The molecule has 4 heteroatoms. The molecule has 0 saturated heterocycles. The second-order valence-corrected chi connectivity index (χ2v) is 10.8. The van der Waals surface area contributed by atoms with Crippen LogP contribution in [0.3, 0.4) is 0 Å². The van der Waals surface area contributed by atoms with Crippen molar-refractivity contribution in [2.45, 2.75) is 90.9 Å². The highest BCUT2D eigenvalue weighted by molar-refractivity contribution is 7.89. The van der Waals surface area contributed by atoms with Gasteiger partial charge in [0, 0.05) is 7.00 Å². The molecule has 0 heterocycles. The molecule has 184 valence electrons. The standard InChI is InChI=1S/C16H27NO2S.C11H10.C2H6.H2/c1-10(2)13-8-14(11(3)4)16(20(18,19)17-7)15(9-13)12(5)6;1-2-9-7-8-10-5-3-4-6-11(9)10;1-2;/h8-12,17H,1-7H3;3-6H,1,7-8H2;1-2H3;1H. The van der Waals surface area contributed by atoms with E-state index < -0.39 is 10.0 Å². The Balaban J connectivity index is 0.000000654. The van der Waals surface area contributed by atoms with Crippen LogP contribution < -0.4 is 4.72 Å². The molecule has 3 nitrogen and oxygen atoms in total. The predicted octanol–water partition coefficient (Wildman–Crippen LogP) is 8.04. The second kappa shape index (κ2) is 12.9. The minimum atomic E-state index is -3.44. The predicted molar refractivity (Wildman–Crippen MR) is 146 cm³/mol. The van der Waals surface area contributed by atoms with E-state index in [0.29, 0.717) is 10.8 Å². The molecule has 0 aromatic heterocycles. The SMILES string of the molecule is C=C=C1CCc2ccccc21.CC.CNS(=O)(=O)c1c(C(C)C)cc(C(C)C)cc1C(C)C.[HH]. The minimum absolute atomic E-state index is 0. The van der Waals surface area contributed by atoms with Gasteiger partial charge in [-0.1, -0.05) is 98.4 Å². The summed E-state index contributed by atoms with van der Waals surface area (Å²) in [5.74, 6) is 0.727. The van der Waals surface area contributed by atoms with Crippen molar-refractivity contribution in [1.82, 2.24) is 4.72 Å². The highest BCUT2D eigenvalue weighted by atomic mass is 32.2. The Labute approximate surface area is 204 Å². The molecule has 1 aliphatic carbocycles. The third-order valence-corrected chi connectivity index (χ3v) is 7.36. The maximum atomic E-state index is 12.4. The Morgan fingerprint density at radius 1 is 0.909 bits per heavy atom. The molecule has 0 bridgehead atoms. The number of benzene rings is 2. The third-order valence-electron chi connectivity index (χ3n) is 5.82. The van der Waals surface area contributed by atoms with Gasteiger partial charge >= 0.3 is 0 Å². The fourth-order valence-electron chi connectivity index (χ4n) is 3.91. The first-order valence-electron chi connectivity index (χ1n) is 12.1. The first kappa shape index (κ1) is 28.9. The minimum Gasteiger partial charge on any atom is -0.214 e. The third kappa shape index (κ3) is 7.17. The van der Waals surface area contributed by atoms with Gasteiger partial charge in [0.2, 0.25) is 10.0 Å². The first-order valence-corrected chi connectivity index (χ1v) is 13.6. The summed E-state index contributed by atoms with van der Waals surface area (Å²) in [6, 6.07) is 12.6. The van der Waals surface area contributed by atoms with Crippen LogP contribution in [0.15, 0.2) is 53.6 Å². The van der Waals surface area contributed by atoms with Gasteiger partial charge in [0.15, 0.2) is 0 Å². The molecule has 0 amide bonds. The lowest BCUT2D eigenvalue weighted by atomic mass is 9.89. The van der Waals surface area contributed by atoms with Gasteiger partial charge in [0.05, 0.1) is 4.90 Å². The summed E-state index contributed by atoms with van der Waals surface area (Å²) in [7, 11) is -1.97. The highest BCUT2D eigenvalue weighted by Crippen LogP contribution is 2.35. The summed E-state index contributed by atoms with van der Waals surface area (Å²) >= 11 is 0. The largest absolute Gasteiger partial charge is 0.240 e. The first-order chi connectivity index (χ1) is 15.5. The van der Waals surface area contributed by atoms with Crippen molar-refractivity contribution in [3.05, 3.63) is 76.5 Å². The lowest BCUT2D eigenvalue weighted by molar-refractivity contribution is 0.582. The maximum Gasteiger partial charge on any atom is 0.240 e. The monoisotopic (exact) mass is 471 g/mol. The number of nitrogens with one attached hydrogen (secondary N) is 1. The molecule has 0 unspecified atom stereocenters. The van der Waals surface area contributed by atoms with Crippen molar-refractivity contribution in [3.8, 4) is 0 Å². The van der Waals surface area contributed by atoms with Gasteiger partial charge in [-0.05, 0) is 65.5 Å². The van der Waals surface area contributed by atoms with E-state index in [0.717, 1.165) is 24.0 Å². The number of fused-ring (bicyclic) bond motifs is 1. The molecular formula is C29H45NO2S. The molecule has 1 aliphatic rings. The number of rotatable bonds is 5. The molecular weight excluding hydrogens is 426 g/mol. The molecule has 0 atom stereocenters. The molecule has 0 saturated carbocycles. The van der Waals surface area contributed by atoms with Crippen molar-refractivity contribution in [2.24, 2.45) is 0 Å². The van der Waals surface area contributed by atoms with Crippen LogP contribution in [0.4, 0.5) is 0 Å². The number of allylic oxidation sites excluding steroid dienone is 1. The zero-order valence-electron chi connectivity index (χ0n) is 22.0. The summed E-state index contributed by atoms with van der Waals surface area (Å²) in [4.78, 5) is 0.467. The lowest BCUT2D eigenvalue weighted by Crippen LogP contribution is -2.23. The Hall–Kier alpha value is -2.13. The number of hydrogen-bond donors (Lipinski definition) is 1. The fourth-order valence-corrected chi connectivity index (χ4v) is 5.33. The van der Waals surface area contributed by atoms with Crippen LogP contribution >= 0.6 is 0 Å². The number of aryl methyl sites for hydroxylation is 1. The summed E-state index contributed by atoms with van der Waals surface area (Å²) in [6.07, 6.45) is 2.27. The Morgan fingerprint density at radius 2 is 1.42 bits per heavy atom. The topological polar surface area (TPSA) is 46.2 Å². The van der Waals surface area contributed by atoms with Crippen LogP contribution in [0, 0.1) is 0 Å². The fraction of sp³-hybridized carbons (Fsp3) is 0.483. The Morgan fingerprint density at radius 3 is 1.85 bits per heavy atom. The van der Waals surface area contributed by atoms with Gasteiger partial charge in [-0.15, -0.1) is 5.73 Å². The zero-order valence-corrected chi connectivity index (χ0v) is 22.9. The van der Waals surface area contributed by atoms with Gasteiger partial charge in [0.1, 0.15) is 0 Å². The van der Waals surface area contributed by atoms with Crippen molar-refractivity contribution < 1.29 is 9.84 Å². The van der Waals surface area contributed by atoms with Crippen molar-refractivity contribution in [2.75, 3.05) is 7.05 Å². The Kier molecular flexibility index (Phi) is 11.3. The molecule has 0 spiro atoms. The quantitative estimate of drug-likeness (QED) is 0.448. The van der Waals surface area contributed by atoms with E-state index in [1.165, 1.54) is 29.3 Å². The van der Waals surface area contributed by atoms with E-state index in [1.807, 2.05) is 53.7 Å². The van der Waals surface area contributed by atoms with Crippen molar-refractivity contribution in [1.29, 1.82) is 0 Å². The summed E-state index contributed by atoms with van der Waals surface area (Å²) in [6.45, 7) is 20.1. The highest BCUT2D eigenvalue weighted by Gasteiger charge is 2.25. The van der Waals surface area contributed by atoms with E-state index in [4.69, 9.17) is 0 Å². The molecule has 1 N–H and O–H groups in total. The molecule has 2 aromatic carbocycles. The van der Waals surface area contributed by atoms with Gasteiger partial charge in [-0.25, -0.2) is 13.1 Å². The normalized spacial score (nSPS) is 12.7. The van der Waals surface area contributed by atoms with E-state index in [9.17, 15) is 8.42 Å². The molecule has 0 aliphatic heterocycles. The average Bonchev–Trinajstić information content (AvgIpc) is 3.23. The lowest BCUT2D eigenvalue weighted by Gasteiger charge is -2.22. The van der Waals surface area contributed by atoms with Crippen LogP contribution in [0.1, 0.15) is 109 Å². The Bertz CT molecular complexity index is 1050. The molecule has 0 fully saturated rings. The van der Waals surface area contributed by atoms with Crippen LogP contribution in [-0.2, 0) is 16.4 Å². The van der Waals surface area contributed by atoms with E-state index in [2.05, 4.69) is 55.1 Å². The maximum absolute atomic E-state index is 12.4. The summed E-state index contributed by atoms with van der Waals surface area (Å²) < 4.78 is 27.3. The van der Waals surface area contributed by atoms with Gasteiger partial charge in [-0.2, -0.15) is 0 Å².